The Morgan fingerprint density at radius 1 is 1.13 bits per heavy atom. The maximum absolute atomic E-state index is 12.9. The number of anilines is 2. The third kappa shape index (κ3) is 5.90. The molecular weight excluding hydrogens is 506 g/mol. The standard InChI is InChI=1S/C28H36F2N6O3/c1-18-17-39-13-12-36(18)27-22-5-6-23(19-4-7-24(38-3)20(14-19)16-37)31-26(22)32-28(33-27)34(2)21-8-10-35(11-9-21)15-25(29)30/h4-7,14,18,21,25,37H,8-13,15-17H2,1-3H3. The number of hydrogen-bond donors (Lipinski definition) is 1. The number of aliphatic hydroxyl groups is 1. The summed E-state index contributed by atoms with van der Waals surface area (Å²) in [5.74, 6) is 2.01. The molecular formula is C28H36F2N6O3. The Bertz CT molecular complexity index is 1290. The summed E-state index contributed by atoms with van der Waals surface area (Å²) in [4.78, 5) is 21.0. The number of piperidine rings is 1. The first kappa shape index (κ1) is 27.4. The van der Waals surface area contributed by atoms with E-state index >= 15 is 0 Å². The van der Waals surface area contributed by atoms with Crippen molar-refractivity contribution in [1.82, 2.24) is 19.9 Å². The van der Waals surface area contributed by atoms with Crippen molar-refractivity contribution in [3.8, 4) is 17.0 Å². The van der Waals surface area contributed by atoms with E-state index in [2.05, 4.69) is 16.7 Å². The van der Waals surface area contributed by atoms with E-state index < -0.39 is 6.43 Å². The van der Waals surface area contributed by atoms with Gasteiger partial charge in [0.15, 0.2) is 5.65 Å². The lowest BCUT2D eigenvalue weighted by atomic mass is 10.0. The van der Waals surface area contributed by atoms with Gasteiger partial charge >= 0.3 is 0 Å². The first-order valence-corrected chi connectivity index (χ1v) is 13.4. The van der Waals surface area contributed by atoms with Crippen LogP contribution >= 0.6 is 0 Å². The first-order valence-electron chi connectivity index (χ1n) is 13.4. The molecule has 39 heavy (non-hydrogen) atoms. The molecule has 0 amide bonds. The number of halogens is 2. The van der Waals surface area contributed by atoms with Crippen LogP contribution in [0.5, 0.6) is 5.75 Å². The molecule has 2 aliphatic heterocycles. The Morgan fingerprint density at radius 3 is 2.62 bits per heavy atom. The first-order chi connectivity index (χ1) is 18.9. The van der Waals surface area contributed by atoms with Crippen molar-refractivity contribution in [3.05, 3.63) is 35.9 Å². The minimum absolute atomic E-state index is 0.140. The van der Waals surface area contributed by atoms with Crippen LogP contribution in [0.3, 0.4) is 0 Å². The van der Waals surface area contributed by atoms with E-state index in [-0.39, 0.29) is 25.2 Å². The average Bonchev–Trinajstić information content (AvgIpc) is 2.96. The molecule has 0 radical (unpaired) electrons. The topological polar surface area (TPSA) is 87.1 Å². The molecule has 0 saturated carbocycles. The third-order valence-corrected chi connectivity index (χ3v) is 7.73. The normalized spacial score (nSPS) is 19.2. The number of pyridine rings is 1. The average molecular weight is 543 g/mol. The van der Waals surface area contributed by atoms with Gasteiger partial charge in [0.1, 0.15) is 11.6 Å². The van der Waals surface area contributed by atoms with Crippen LogP contribution in [0.25, 0.3) is 22.3 Å². The van der Waals surface area contributed by atoms with Crippen molar-refractivity contribution in [2.45, 2.75) is 44.9 Å². The van der Waals surface area contributed by atoms with Crippen LogP contribution in [0.15, 0.2) is 30.3 Å². The smallest absolute Gasteiger partial charge is 0.251 e. The van der Waals surface area contributed by atoms with Gasteiger partial charge in [-0.05, 0) is 50.1 Å². The number of morpholine rings is 1. The van der Waals surface area contributed by atoms with Crippen LogP contribution in [0, 0.1) is 0 Å². The zero-order valence-electron chi connectivity index (χ0n) is 22.7. The maximum Gasteiger partial charge on any atom is 0.251 e. The zero-order chi connectivity index (χ0) is 27.5. The van der Waals surface area contributed by atoms with Gasteiger partial charge in [0.2, 0.25) is 5.95 Å². The van der Waals surface area contributed by atoms with E-state index in [4.69, 9.17) is 24.4 Å². The summed E-state index contributed by atoms with van der Waals surface area (Å²) in [6.45, 7) is 4.97. The van der Waals surface area contributed by atoms with Gasteiger partial charge in [0, 0.05) is 43.9 Å². The molecule has 1 unspecified atom stereocenters. The van der Waals surface area contributed by atoms with Gasteiger partial charge in [-0.25, -0.2) is 13.8 Å². The number of fused-ring (bicyclic) bond motifs is 1. The highest BCUT2D eigenvalue weighted by Gasteiger charge is 2.28. The molecule has 11 heteroatoms. The molecule has 1 atom stereocenters. The predicted molar refractivity (Wildman–Crippen MR) is 147 cm³/mol. The van der Waals surface area contributed by atoms with Crippen molar-refractivity contribution in [2.24, 2.45) is 0 Å². The molecule has 0 bridgehead atoms. The van der Waals surface area contributed by atoms with Crippen LogP contribution in [0.4, 0.5) is 20.5 Å². The van der Waals surface area contributed by atoms with Gasteiger partial charge < -0.3 is 24.4 Å². The van der Waals surface area contributed by atoms with Gasteiger partial charge in [0.25, 0.3) is 6.43 Å². The number of hydrogen-bond acceptors (Lipinski definition) is 9. The number of nitrogens with zero attached hydrogens (tertiary/aromatic N) is 6. The summed E-state index contributed by atoms with van der Waals surface area (Å²) in [6.07, 6.45) is -0.797. The maximum atomic E-state index is 12.9. The van der Waals surface area contributed by atoms with Crippen LogP contribution in [-0.4, -0.2) is 97.0 Å². The van der Waals surface area contributed by atoms with Crippen molar-refractivity contribution >= 4 is 22.8 Å². The van der Waals surface area contributed by atoms with Crippen molar-refractivity contribution in [1.29, 1.82) is 0 Å². The highest BCUT2D eigenvalue weighted by atomic mass is 19.3. The minimum Gasteiger partial charge on any atom is -0.496 e. The number of aromatic nitrogens is 3. The lowest BCUT2D eigenvalue weighted by molar-refractivity contribution is 0.0754. The molecule has 1 N–H and O–H groups in total. The van der Waals surface area contributed by atoms with Crippen molar-refractivity contribution < 1.29 is 23.4 Å². The van der Waals surface area contributed by atoms with Gasteiger partial charge in [0.05, 0.1) is 50.6 Å². The Morgan fingerprint density at radius 2 is 1.92 bits per heavy atom. The monoisotopic (exact) mass is 542 g/mol. The number of methoxy groups -OCH3 is 1. The number of rotatable bonds is 8. The molecule has 0 spiro atoms. The molecule has 2 aliphatic rings. The second kappa shape index (κ2) is 11.9. The molecule has 5 rings (SSSR count). The van der Waals surface area contributed by atoms with Crippen molar-refractivity contribution in [3.63, 3.8) is 0 Å². The van der Waals surface area contributed by atoms with Crippen molar-refractivity contribution in [2.75, 3.05) is 63.4 Å². The third-order valence-electron chi connectivity index (χ3n) is 7.73. The Hall–Kier alpha value is -3.15. The molecule has 3 aromatic rings. The van der Waals surface area contributed by atoms with E-state index in [0.29, 0.717) is 55.8 Å². The minimum atomic E-state index is -2.32. The number of ether oxygens (including phenoxy) is 2. The SMILES string of the molecule is COc1ccc(-c2ccc3c(N4CCOCC4C)nc(N(C)C4CCN(CC(F)F)CC4)nc3n2)cc1CO. The fourth-order valence-corrected chi connectivity index (χ4v) is 5.47. The van der Waals surface area contributed by atoms with E-state index in [9.17, 15) is 13.9 Å². The van der Waals surface area contributed by atoms with Crippen LogP contribution in [0.1, 0.15) is 25.3 Å². The van der Waals surface area contributed by atoms with E-state index in [0.717, 1.165) is 35.3 Å². The molecule has 210 valence electrons. The molecule has 4 heterocycles. The summed E-state index contributed by atoms with van der Waals surface area (Å²) in [5, 5.41) is 10.7. The number of benzene rings is 1. The van der Waals surface area contributed by atoms with E-state index in [1.807, 2.05) is 42.3 Å². The lowest BCUT2D eigenvalue weighted by Crippen LogP contribution is -2.46. The predicted octanol–water partition coefficient (Wildman–Crippen LogP) is 3.58. The second-order valence-electron chi connectivity index (χ2n) is 10.3. The Labute approximate surface area is 227 Å². The van der Waals surface area contributed by atoms with Gasteiger partial charge in [-0.1, -0.05) is 0 Å². The summed E-state index contributed by atoms with van der Waals surface area (Å²) in [7, 11) is 3.55. The molecule has 2 aromatic heterocycles. The van der Waals surface area contributed by atoms with E-state index in [1.165, 1.54) is 0 Å². The second-order valence-corrected chi connectivity index (χ2v) is 10.3. The molecule has 2 fully saturated rings. The number of alkyl halides is 2. The summed E-state index contributed by atoms with van der Waals surface area (Å²) >= 11 is 0. The molecule has 2 saturated heterocycles. The highest BCUT2D eigenvalue weighted by Crippen LogP contribution is 2.32. The van der Waals surface area contributed by atoms with Crippen LogP contribution in [-0.2, 0) is 11.3 Å². The van der Waals surface area contributed by atoms with Gasteiger partial charge in [-0.2, -0.15) is 9.97 Å². The number of aliphatic hydroxyl groups excluding tert-OH is 1. The Balaban J connectivity index is 1.52. The highest BCUT2D eigenvalue weighted by molar-refractivity contribution is 5.90. The quantitative estimate of drug-likeness (QED) is 0.459. The van der Waals surface area contributed by atoms with Gasteiger partial charge in [-0.3, -0.25) is 4.90 Å². The van der Waals surface area contributed by atoms with Gasteiger partial charge in [-0.15, -0.1) is 0 Å². The Kier molecular flexibility index (Phi) is 8.39. The largest absolute Gasteiger partial charge is 0.496 e. The summed E-state index contributed by atoms with van der Waals surface area (Å²) in [6, 6.07) is 9.85. The summed E-state index contributed by atoms with van der Waals surface area (Å²) in [5.41, 5.74) is 2.84. The van der Waals surface area contributed by atoms with Crippen LogP contribution < -0.4 is 14.5 Å². The van der Waals surface area contributed by atoms with E-state index in [1.54, 1.807) is 7.11 Å². The molecule has 9 nitrogen and oxygen atoms in total. The molecule has 1 aromatic carbocycles. The summed E-state index contributed by atoms with van der Waals surface area (Å²) < 4.78 is 36.8. The van der Waals surface area contributed by atoms with Crippen LogP contribution in [0.2, 0.25) is 0 Å². The molecule has 0 aliphatic carbocycles. The fraction of sp³-hybridized carbons (Fsp3) is 0.536. The fourth-order valence-electron chi connectivity index (χ4n) is 5.47. The number of likely N-dealkylation sites (tertiary alicyclic amines) is 1. The lowest BCUT2D eigenvalue weighted by Gasteiger charge is -2.38. The zero-order valence-corrected chi connectivity index (χ0v) is 22.7.